The van der Waals surface area contributed by atoms with Crippen molar-refractivity contribution in [2.75, 3.05) is 32.7 Å². The molecule has 2 aromatic rings. The maximum Gasteiger partial charge on any atom is 0.248 e. The zero-order valence-corrected chi connectivity index (χ0v) is 20.6. The Morgan fingerprint density at radius 1 is 1.18 bits per heavy atom. The Kier molecular flexibility index (Phi) is 7.29. The van der Waals surface area contributed by atoms with Gasteiger partial charge in [-0.1, -0.05) is 11.6 Å². The number of aromatic nitrogens is 1. The predicted molar refractivity (Wildman–Crippen MR) is 135 cm³/mol. The molecule has 0 spiro atoms. The number of carbonyl (C=O) groups is 2. The molecule has 0 atom stereocenters. The number of H-pyrrole nitrogens is 1. The molecular formula is C23H31B2ClF2N4O2. The number of carbonyl (C=O) groups excluding carboxylic acids is 2. The van der Waals surface area contributed by atoms with E-state index in [1.165, 1.54) is 0 Å². The van der Waals surface area contributed by atoms with Crippen molar-refractivity contribution in [2.45, 2.75) is 43.4 Å². The fourth-order valence-corrected chi connectivity index (χ4v) is 5.45. The molecular weight excluding hydrogens is 459 g/mol. The first-order valence-corrected chi connectivity index (χ1v) is 12.4. The first-order valence-electron chi connectivity index (χ1n) is 12.0. The third kappa shape index (κ3) is 5.60. The number of amides is 2. The number of hydrogen-bond acceptors (Lipinski definition) is 3. The normalized spacial score (nSPS) is 19.9. The molecule has 11 heteroatoms. The second-order valence-electron chi connectivity index (χ2n) is 10.1. The Bertz CT molecular complexity index is 1050. The molecule has 0 unspecified atom stereocenters. The summed E-state index contributed by atoms with van der Waals surface area (Å²) < 4.78 is 26.6. The summed E-state index contributed by atoms with van der Waals surface area (Å²) in [5, 5.41) is 4.17. The summed E-state index contributed by atoms with van der Waals surface area (Å²) in [7, 11) is 4.33. The fraction of sp³-hybridized carbons (Fsp3) is 0.565. The summed E-state index contributed by atoms with van der Waals surface area (Å²) in [6.07, 6.45) is 2.51. The van der Waals surface area contributed by atoms with Crippen LogP contribution in [0.3, 0.4) is 0 Å². The Hall–Kier alpha value is -2.06. The predicted octanol–water partition coefficient (Wildman–Crippen LogP) is 1.67. The highest BCUT2D eigenvalue weighted by atomic mass is 35.5. The maximum atomic E-state index is 13.3. The van der Waals surface area contributed by atoms with Crippen LogP contribution in [0.2, 0.25) is 5.02 Å². The second kappa shape index (κ2) is 9.90. The van der Waals surface area contributed by atoms with Gasteiger partial charge in [0.2, 0.25) is 17.7 Å². The van der Waals surface area contributed by atoms with E-state index in [9.17, 15) is 18.4 Å². The number of halogens is 3. The summed E-state index contributed by atoms with van der Waals surface area (Å²) in [6.45, 7) is 2.51. The average Bonchev–Trinajstić information content (AvgIpc) is 3.26. The number of hydrogen-bond donors (Lipinski definition) is 2. The lowest BCUT2D eigenvalue weighted by Gasteiger charge is -2.45. The quantitative estimate of drug-likeness (QED) is 0.606. The molecule has 1 aromatic carbocycles. The number of nitrogens with one attached hydrogen (secondary N) is 2. The molecule has 182 valence electrons. The van der Waals surface area contributed by atoms with E-state index in [0.29, 0.717) is 44.0 Å². The molecule has 34 heavy (non-hydrogen) atoms. The van der Waals surface area contributed by atoms with Gasteiger partial charge in [-0.15, -0.1) is 0 Å². The average molecular weight is 491 g/mol. The van der Waals surface area contributed by atoms with E-state index in [2.05, 4.69) is 30.9 Å². The lowest BCUT2D eigenvalue weighted by atomic mass is 9.56. The van der Waals surface area contributed by atoms with Gasteiger partial charge in [0.15, 0.2) is 0 Å². The van der Waals surface area contributed by atoms with Crippen molar-refractivity contribution in [3.63, 3.8) is 0 Å². The van der Waals surface area contributed by atoms with Crippen molar-refractivity contribution in [3.05, 3.63) is 35.0 Å². The van der Waals surface area contributed by atoms with Gasteiger partial charge in [0.05, 0.1) is 6.54 Å². The van der Waals surface area contributed by atoms with Gasteiger partial charge in [-0.25, -0.2) is 8.78 Å². The lowest BCUT2D eigenvalue weighted by Crippen LogP contribution is -2.58. The van der Waals surface area contributed by atoms with E-state index in [0.717, 1.165) is 16.5 Å². The zero-order chi connectivity index (χ0) is 24.5. The molecule has 6 nitrogen and oxygen atoms in total. The highest BCUT2D eigenvalue weighted by molar-refractivity contribution is 6.41. The van der Waals surface area contributed by atoms with Gasteiger partial charge in [-0.2, -0.15) is 0 Å². The Morgan fingerprint density at radius 3 is 2.53 bits per heavy atom. The molecule has 2 aliphatic rings. The minimum Gasteiger partial charge on any atom is -0.361 e. The van der Waals surface area contributed by atoms with Crippen molar-refractivity contribution in [1.29, 1.82) is 0 Å². The summed E-state index contributed by atoms with van der Waals surface area (Å²) >= 11 is 6.37. The molecule has 1 saturated heterocycles. The van der Waals surface area contributed by atoms with Gasteiger partial charge in [-0.05, 0) is 47.9 Å². The van der Waals surface area contributed by atoms with Crippen LogP contribution in [0, 0.1) is 5.92 Å². The van der Waals surface area contributed by atoms with Crippen LogP contribution in [-0.2, 0) is 14.9 Å². The Balaban J connectivity index is 1.26. The van der Waals surface area contributed by atoms with Gasteiger partial charge in [0.1, 0.15) is 15.7 Å². The number of rotatable bonds is 6. The first-order chi connectivity index (χ1) is 16.0. The molecule has 0 bridgehead atoms. The highest BCUT2D eigenvalue weighted by Crippen LogP contribution is 2.37. The summed E-state index contributed by atoms with van der Waals surface area (Å²) in [5.41, 5.74) is 2.19. The van der Waals surface area contributed by atoms with Crippen LogP contribution in [0.1, 0.15) is 37.7 Å². The molecule has 2 N–H and O–H groups in total. The minimum absolute atomic E-state index is 0.0295. The van der Waals surface area contributed by atoms with Gasteiger partial charge in [-0.3, -0.25) is 9.59 Å². The second-order valence-corrected chi connectivity index (χ2v) is 10.5. The van der Waals surface area contributed by atoms with Crippen LogP contribution in [0.5, 0.6) is 0 Å². The van der Waals surface area contributed by atoms with Crippen LogP contribution in [0.15, 0.2) is 24.4 Å². The molecule has 2 fully saturated rings. The third-order valence-corrected chi connectivity index (χ3v) is 7.67. The van der Waals surface area contributed by atoms with Gasteiger partial charge in [0, 0.05) is 67.6 Å². The van der Waals surface area contributed by atoms with E-state index in [1.54, 1.807) is 4.90 Å². The zero-order valence-electron chi connectivity index (χ0n) is 19.8. The van der Waals surface area contributed by atoms with Gasteiger partial charge >= 0.3 is 0 Å². The van der Waals surface area contributed by atoms with Crippen molar-refractivity contribution >= 4 is 50.0 Å². The van der Waals surface area contributed by atoms with Crippen LogP contribution in [-0.4, -0.2) is 80.9 Å². The van der Waals surface area contributed by atoms with Crippen LogP contribution < -0.4 is 5.32 Å². The highest BCUT2D eigenvalue weighted by Gasteiger charge is 2.36. The van der Waals surface area contributed by atoms with Crippen molar-refractivity contribution < 1.29 is 18.4 Å². The maximum absolute atomic E-state index is 13.3. The lowest BCUT2D eigenvalue weighted by molar-refractivity contribution is -0.134. The van der Waals surface area contributed by atoms with Crippen LogP contribution in [0.25, 0.3) is 10.9 Å². The van der Waals surface area contributed by atoms with Crippen LogP contribution >= 0.6 is 11.6 Å². The number of benzene rings is 1. The topological polar surface area (TPSA) is 68.4 Å². The van der Waals surface area contributed by atoms with E-state index in [4.69, 9.17) is 11.6 Å². The molecule has 2 amide bonds. The van der Waals surface area contributed by atoms with Gasteiger partial charge < -0.3 is 20.1 Å². The van der Waals surface area contributed by atoms with Crippen molar-refractivity contribution in [2.24, 2.45) is 5.92 Å². The Morgan fingerprint density at radius 2 is 1.85 bits per heavy atom. The minimum atomic E-state index is -2.60. The molecule has 2 heterocycles. The molecule has 1 aliphatic carbocycles. The number of aromatic amines is 1. The number of fused-ring (bicyclic) bond motifs is 1. The summed E-state index contributed by atoms with van der Waals surface area (Å²) in [6, 6.07) is 5.96. The Labute approximate surface area is 205 Å². The van der Waals surface area contributed by atoms with Crippen molar-refractivity contribution in [1.82, 2.24) is 20.1 Å². The van der Waals surface area contributed by atoms with Gasteiger partial charge in [0.25, 0.3) is 0 Å². The number of nitrogens with zero attached hydrogens (tertiary/aromatic N) is 2. The molecule has 4 rings (SSSR count). The monoisotopic (exact) mass is 490 g/mol. The largest absolute Gasteiger partial charge is 0.361 e. The molecule has 1 aliphatic heterocycles. The smallest absolute Gasteiger partial charge is 0.248 e. The van der Waals surface area contributed by atoms with E-state index >= 15 is 0 Å². The first kappa shape index (κ1) is 25.0. The van der Waals surface area contributed by atoms with Crippen LogP contribution in [0.4, 0.5) is 8.78 Å². The van der Waals surface area contributed by atoms with E-state index < -0.39 is 5.92 Å². The SMILES string of the molecule is BC(B)(c1cc(Cl)cc2cc[nH]c12)N1CCN(C(=O)CNC(=O)CC2CCC(F)(F)CC2)CC1. The van der Waals surface area contributed by atoms with Crippen molar-refractivity contribution in [3.8, 4) is 0 Å². The third-order valence-electron chi connectivity index (χ3n) is 7.45. The molecule has 1 aromatic heterocycles. The summed E-state index contributed by atoms with van der Waals surface area (Å²) in [5.74, 6) is -2.98. The number of piperazine rings is 1. The summed E-state index contributed by atoms with van der Waals surface area (Å²) in [4.78, 5) is 32.3. The standard InChI is InChI=1S/C23H31B2ClF2N4O2/c24-23(25,18-13-17(26)12-16-3-6-29-21(16)18)32-9-7-31(8-10-32)20(34)14-30-19(33)11-15-1-4-22(27,28)5-2-15/h3,6,12-13,15,29H,1-2,4-5,7-11,14,24-25H2,(H,30,33). The fourth-order valence-electron chi connectivity index (χ4n) is 5.23. The molecule has 0 radical (unpaired) electrons. The van der Waals surface area contributed by atoms with E-state index in [-0.39, 0.29) is 48.9 Å². The number of alkyl halides is 2. The van der Waals surface area contributed by atoms with E-state index in [1.807, 2.05) is 24.4 Å². The molecule has 1 saturated carbocycles.